The van der Waals surface area contributed by atoms with Gasteiger partial charge in [0, 0.05) is 30.6 Å². The maximum atomic E-state index is 14.5. The van der Waals surface area contributed by atoms with E-state index in [1.807, 2.05) is 0 Å². The summed E-state index contributed by atoms with van der Waals surface area (Å²) in [6, 6.07) is 0.856. The minimum Gasteiger partial charge on any atom is -0.507 e. The van der Waals surface area contributed by atoms with Gasteiger partial charge in [-0.05, 0) is 88.2 Å². The molecule has 3 saturated carbocycles. The zero-order valence-corrected chi connectivity index (χ0v) is 24.9. The van der Waals surface area contributed by atoms with Gasteiger partial charge in [0.1, 0.15) is 23.9 Å². The average molecular weight is 600 g/mol. The van der Waals surface area contributed by atoms with Crippen LogP contribution in [0.5, 0.6) is 5.75 Å². The zero-order valence-electron chi connectivity index (χ0n) is 24.2. The van der Waals surface area contributed by atoms with Crippen LogP contribution in [0.2, 0.25) is 5.02 Å². The molecule has 10 nitrogen and oxygen atoms in total. The van der Waals surface area contributed by atoms with Crippen molar-refractivity contribution in [3.8, 4) is 5.75 Å². The number of amides is 1. The fourth-order valence-corrected chi connectivity index (χ4v) is 9.31. The molecule has 9 atom stereocenters. The number of nitrogens with two attached hydrogens (primary N) is 1. The molecule has 2 saturated heterocycles. The van der Waals surface area contributed by atoms with E-state index in [0.29, 0.717) is 29.3 Å². The number of halogens is 1. The predicted molar refractivity (Wildman–Crippen MR) is 151 cm³/mol. The number of likely N-dealkylation sites (tertiary alicyclic amines) is 1. The number of likely N-dealkylation sites (N-methyl/N-ethyl adjacent to an activating group) is 1. The fourth-order valence-electron chi connectivity index (χ4n) is 8.95. The smallest absolute Gasteiger partial charge is 0.230 e. The quantitative estimate of drug-likeness (QED) is 0.370. The first-order valence-electron chi connectivity index (χ1n) is 15.1. The first-order valence-corrected chi connectivity index (χ1v) is 15.5. The Morgan fingerprint density at radius 1 is 1.26 bits per heavy atom. The number of fused-ring (bicyclic) bond motifs is 5. The van der Waals surface area contributed by atoms with E-state index in [9.17, 15) is 24.3 Å². The Morgan fingerprint density at radius 2 is 2.00 bits per heavy atom. The third kappa shape index (κ3) is 3.91. The number of carbonyl (C=O) groups excluding carboxylic acids is 4. The van der Waals surface area contributed by atoms with E-state index in [-0.39, 0.29) is 17.4 Å². The summed E-state index contributed by atoms with van der Waals surface area (Å²) >= 11 is 7.10. The Bertz CT molecular complexity index is 1390. The highest BCUT2D eigenvalue weighted by atomic mass is 35.5. The van der Waals surface area contributed by atoms with Crippen molar-refractivity contribution in [3.05, 3.63) is 27.8 Å². The summed E-state index contributed by atoms with van der Waals surface area (Å²) in [6.07, 6.45) is 3.31. The van der Waals surface area contributed by atoms with Crippen LogP contribution in [0.15, 0.2) is 6.07 Å². The van der Waals surface area contributed by atoms with Crippen molar-refractivity contribution in [2.45, 2.75) is 68.4 Å². The van der Waals surface area contributed by atoms with Crippen molar-refractivity contribution < 1.29 is 33.8 Å². The number of aromatic hydroxyl groups is 1. The third-order valence-corrected chi connectivity index (χ3v) is 11.4. The number of primary amides is 1. The molecule has 0 spiro atoms. The summed E-state index contributed by atoms with van der Waals surface area (Å²) in [5.74, 6) is -5.02. The Kier molecular flexibility index (Phi) is 6.64. The zero-order chi connectivity index (χ0) is 29.8. The van der Waals surface area contributed by atoms with E-state index in [4.69, 9.17) is 26.8 Å². The maximum absolute atomic E-state index is 14.5. The van der Waals surface area contributed by atoms with Gasteiger partial charge in [-0.15, -0.1) is 0 Å². The monoisotopic (exact) mass is 599 g/mol. The molecular formula is C31H38ClN3O7. The Labute approximate surface area is 249 Å². The van der Waals surface area contributed by atoms with Gasteiger partial charge < -0.3 is 20.3 Å². The molecule has 0 bridgehead atoms. The summed E-state index contributed by atoms with van der Waals surface area (Å²) in [7, 11) is 4.85. The Balaban J connectivity index is 1.30. The van der Waals surface area contributed by atoms with Gasteiger partial charge in [-0.1, -0.05) is 11.6 Å². The number of epoxide rings is 1. The fraction of sp³-hybridized carbons (Fsp3) is 0.677. The van der Waals surface area contributed by atoms with E-state index < -0.39 is 70.8 Å². The topological polar surface area (TPSA) is 143 Å². The first-order chi connectivity index (χ1) is 20.0. The molecule has 4 aliphatic carbocycles. The van der Waals surface area contributed by atoms with Crippen LogP contribution in [-0.2, 0) is 30.3 Å². The number of phenolic OH excluding ortho intramolecular Hbond substituents is 1. The molecule has 226 valence electrons. The van der Waals surface area contributed by atoms with Gasteiger partial charge in [0.2, 0.25) is 5.91 Å². The van der Waals surface area contributed by atoms with Gasteiger partial charge in [0.25, 0.3) is 0 Å². The van der Waals surface area contributed by atoms with Crippen molar-refractivity contribution >= 4 is 34.9 Å². The van der Waals surface area contributed by atoms with Crippen LogP contribution in [-0.4, -0.2) is 96.3 Å². The molecule has 6 aliphatic rings. The molecule has 2 aliphatic heterocycles. The Hall–Kier alpha value is -2.37. The molecule has 7 rings (SSSR count). The lowest BCUT2D eigenvalue weighted by Crippen LogP contribution is -2.66. The van der Waals surface area contributed by atoms with Gasteiger partial charge in [-0.2, -0.15) is 0 Å². The minimum atomic E-state index is -1.61. The molecule has 11 heteroatoms. The van der Waals surface area contributed by atoms with Crippen LogP contribution in [0.3, 0.4) is 0 Å². The lowest BCUT2D eigenvalue weighted by atomic mass is 9.56. The highest BCUT2D eigenvalue weighted by Crippen LogP contribution is 2.58. The maximum Gasteiger partial charge on any atom is 0.230 e. The number of hydrogen-bond acceptors (Lipinski definition) is 9. The van der Waals surface area contributed by atoms with E-state index in [0.717, 1.165) is 31.5 Å². The van der Waals surface area contributed by atoms with Gasteiger partial charge >= 0.3 is 0 Å². The molecule has 0 aromatic heterocycles. The molecule has 42 heavy (non-hydrogen) atoms. The highest BCUT2D eigenvalue weighted by molar-refractivity contribution is 6.33. The largest absolute Gasteiger partial charge is 0.507 e. The van der Waals surface area contributed by atoms with E-state index in [1.54, 1.807) is 25.1 Å². The van der Waals surface area contributed by atoms with Crippen LogP contribution >= 0.6 is 11.6 Å². The molecule has 5 fully saturated rings. The van der Waals surface area contributed by atoms with Crippen molar-refractivity contribution in [1.29, 1.82) is 0 Å². The predicted octanol–water partition coefficient (Wildman–Crippen LogP) is 1.92. The molecule has 0 radical (unpaired) electrons. The van der Waals surface area contributed by atoms with Crippen LogP contribution in [0, 0.1) is 29.6 Å². The number of ether oxygens (including phenoxy) is 2. The number of phenols is 1. The third-order valence-electron chi connectivity index (χ3n) is 11.0. The normalized spacial score (nSPS) is 39.4. The number of hydrogen-bond donors (Lipinski definition) is 2. The number of Topliss-reactive ketones (excluding diaryl/α,β-unsaturated/α-hetero) is 3. The van der Waals surface area contributed by atoms with E-state index >= 15 is 0 Å². The molecular weight excluding hydrogens is 562 g/mol. The van der Waals surface area contributed by atoms with Crippen molar-refractivity contribution in [2.75, 3.05) is 34.3 Å². The molecule has 1 aromatic carbocycles. The van der Waals surface area contributed by atoms with E-state index in [2.05, 4.69) is 4.90 Å². The lowest BCUT2D eigenvalue weighted by molar-refractivity contribution is -0.172. The summed E-state index contributed by atoms with van der Waals surface area (Å²) < 4.78 is 11.8. The number of methoxy groups -OCH3 is 1. The number of carbonyl (C=O) groups is 4. The summed E-state index contributed by atoms with van der Waals surface area (Å²) in [6.45, 7) is 1.99. The molecule has 9 unspecified atom stereocenters. The summed E-state index contributed by atoms with van der Waals surface area (Å²) in [5.41, 5.74) is 5.57. The van der Waals surface area contributed by atoms with Gasteiger partial charge in [-0.3, -0.25) is 29.0 Å². The summed E-state index contributed by atoms with van der Waals surface area (Å²) in [4.78, 5) is 59.1. The number of nitrogens with zero attached hydrogens (tertiary/aromatic N) is 2. The van der Waals surface area contributed by atoms with E-state index in [1.165, 1.54) is 20.0 Å². The van der Waals surface area contributed by atoms with Gasteiger partial charge in [0.15, 0.2) is 23.0 Å². The SMILES string of the molecule is COC12C(=O)C3C(=O)c4c(O)cc(C5CCCN5CC5CC5)c(Cl)c4CC3CC1C(N(C)C)C(=O)C(C(N)=O)C1OC12. The second kappa shape index (κ2) is 9.82. The van der Waals surface area contributed by atoms with Crippen LogP contribution in [0.4, 0.5) is 0 Å². The number of ketones is 3. The summed E-state index contributed by atoms with van der Waals surface area (Å²) in [5, 5.41) is 11.8. The number of rotatable bonds is 6. The Morgan fingerprint density at radius 3 is 2.64 bits per heavy atom. The first kappa shape index (κ1) is 28.4. The van der Waals surface area contributed by atoms with Crippen LogP contribution < -0.4 is 5.73 Å². The average Bonchev–Trinajstić information content (AvgIpc) is 3.84. The van der Waals surface area contributed by atoms with Gasteiger partial charge in [0.05, 0.1) is 17.5 Å². The second-order valence-corrected chi connectivity index (χ2v) is 13.8. The minimum absolute atomic E-state index is 0.0727. The van der Waals surface area contributed by atoms with Gasteiger partial charge in [-0.25, -0.2) is 0 Å². The van der Waals surface area contributed by atoms with Crippen molar-refractivity contribution in [3.63, 3.8) is 0 Å². The molecule has 1 aromatic rings. The second-order valence-electron chi connectivity index (χ2n) is 13.5. The van der Waals surface area contributed by atoms with Crippen molar-refractivity contribution in [1.82, 2.24) is 9.80 Å². The molecule has 2 heterocycles. The van der Waals surface area contributed by atoms with Crippen LogP contribution in [0.25, 0.3) is 0 Å². The number of benzene rings is 1. The van der Waals surface area contributed by atoms with Crippen LogP contribution in [0.1, 0.15) is 59.6 Å². The standard InChI is InChI=1S/C31H38ClN3O7/c1-34(2)24-17-10-14-9-16-21(19(36)11-15(23(16)32)18-5-4-8-35(18)12-13-6-7-13)25(37)20(14)28(39)31(17,41-3)29-27(42-29)22(26(24)38)30(33)40/h11,13-14,17-18,20,22,24,27,29,36H,4-10,12H2,1-3H3,(H2,33,40). The lowest BCUT2D eigenvalue weighted by Gasteiger charge is -2.51. The molecule has 3 N–H and O–H groups in total. The molecule has 1 amide bonds. The highest BCUT2D eigenvalue weighted by Gasteiger charge is 2.75. The van der Waals surface area contributed by atoms with Crippen molar-refractivity contribution in [2.24, 2.45) is 35.3 Å².